The molecule has 16 heavy (non-hydrogen) atoms. The molecule has 0 spiro atoms. The number of likely N-dealkylation sites (N-methyl/N-ethyl adjacent to an activating group) is 1. The molecule has 0 amide bonds. The van der Waals surface area contributed by atoms with E-state index in [2.05, 4.69) is 4.90 Å². The van der Waals surface area contributed by atoms with Crippen LogP contribution in [0.5, 0.6) is 5.75 Å². The largest absolute Gasteiger partial charge is 0.494 e. The molecule has 2 N–H and O–H groups in total. The molecule has 0 aliphatic carbocycles. The second-order valence-corrected chi connectivity index (χ2v) is 3.94. The molecule has 3 nitrogen and oxygen atoms in total. The van der Waals surface area contributed by atoms with Gasteiger partial charge < -0.3 is 15.4 Å². The molecule has 0 aliphatic heterocycles. The molecule has 90 valence electrons. The van der Waals surface area contributed by atoms with E-state index in [1.54, 1.807) is 12.1 Å². The number of nitrogens with zero attached hydrogens (tertiary/aromatic N) is 1. The summed E-state index contributed by atoms with van der Waals surface area (Å²) in [6.07, 6.45) is 0.862. The van der Waals surface area contributed by atoms with Crippen LogP contribution in [0, 0.1) is 5.82 Å². The molecule has 0 heterocycles. The fourth-order valence-electron chi connectivity index (χ4n) is 1.43. The highest BCUT2D eigenvalue weighted by molar-refractivity contribution is 5.21. The first-order valence-electron chi connectivity index (χ1n) is 5.38. The van der Waals surface area contributed by atoms with Crippen LogP contribution in [0.15, 0.2) is 24.3 Å². The third-order valence-electron chi connectivity index (χ3n) is 2.54. The smallest absolute Gasteiger partial charge is 0.123 e. The first-order valence-corrected chi connectivity index (χ1v) is 5.38. The highest BCUT2D eigenvalue weighted by Gasteiger charge is 2.08. The van der Waals surface area contributed by atoms with Crippen molar-refractivity contribution in [3.63, 3.8) is 0 Å². The van der Waals surface area contributed by atoms with E-state index in [-0.39, 0.29) is 5.82 Å². The summed E-state index contributed by atoms with van der Waals surface area (Å²) < 4.78 is 18.1. The van der Waals surface area contributed by atoms with Crippen molar-refractivity contribution in [1.29, 1.82) is 0 Å². The average Bonchev–Trinajstić information content (AvgIpc) is 2.26. The zero-order valence-corrected chi connectivity index (χ0v) is 9.82. The van der Waals surface area contributed by atoms with E-state index < -0.39 is 0 Å². The Labute approximate surface area is 96.0 Å². The Bertz CT molecular complexity index is 300. The van der Waals surface area contributed by atoms with Crippen molar-refractivity contribution in [3.05, 3.63) is 30.1 Å². The van der Waals surface area contributed by atoms with E-state index in [1.807, 2.05) is 14.1 Å². The van der Waals surface area contributed by atoms with Crippen molar-refractivity contribution in [3.8, 4) is 5.75 Å². The summed E-state index contributed by atoms with van der Waals surface area (Å²) in [5.41, 5.74) is 5.63. The fourth-order valence-corrected chi connectivity index (χ4v) is 1.43. The summed E-state index contributed by atoms with van der Waals surface area (Å²) in [4.78, 5) is 2.08. The van der Waals surface area contributed by atoms with Crippen LogP contribution in [0.2, 0.25) is 0 Å². The summed E-state index contributed by atoms with van der Waals surface area (Å²) in [6.45, 7) is 1.20. The average molecular weight is 226 g/mol. The molecule has 1 aromatic carbocycles. The van der Waals surface area contributed by atoms with Gasteiger partial charge in [0.2, 0.25) is 0 Å². The molecule has 0 saturated carbocycles. The highest BCUT2D eigenvalue weighted by atomic mass is 19.1. The first kappa shape index (κ1) is 12.9. The van der Waals surface area contributed by atoms with Gasteiger partial charge in [0, 0.05) is 12.6 Å². The van der Waals surface area contributed by atoms with Crippen molar-refractivity contribution < 1.29 is 9.13 Å². The van der Waals surface area contributed by atoms with Gasteiger partial charge in [0.1, 0.15) is 11.6 Å². The van der Waals surface area contributed by atoms with Gasteiger partial charge >= 0.3 is 0 Å². The molecular weight excluding hydrogens is 207 g/mol. The molecule has 0 fully saturated rings. The van der Waals surface area contributed by atoms with Crippen LogP contribution in [0.1, 0.15) is 6.42 Å². The maximum absolute atomic E-state index is 12.6. The van der Waals surface area contributed by atoms with Crippen LogP contribution in [-0.4, -0.2) is 38.2 Å². The lowest BCUT2D eigenvalue weighted by atomic mass is 10.2. The normalized spacial score (nSPS) is 12.8. The van der Waals surface area contributed by atoms with Gasteiger partial charge in [0.05, 0.1) is 6.61 Å². The Kier molecular flexibility index (Phi) is 5.22. The van der Waals surface area contributed by atoms with Crippen LogP contribution >= 0.6 is 0 Å². The SMILES string of the molecule is CN(C)C(CN)CCOc1ccc(F)cc1. The number of rotatable bonds is 6. The maximum atomic E-state index is 12.6. The summed E-state index contributed by atoms with van der Waals surface area (Å²) in [5, 5.41) is 0. The van der Waals surface area contributed by atoms with E-state index >= 15 is 0 Å². The topological polar surface area (TPSA) is 38.5 Å². The van der Waals surface area contributed by atoms with Crippen molar-refractivity contribution in [2.75, 3.05) is 27.2 Å². The minimum atomic E-state index is -0.250. The molecule has 1 atom stereocenters. The van der Waals surface area contributed by atoms with E-state index in [4.69, 9.17) is 10.5 Å². The van der Waals surface area contributed by atoms with Crippen LogP contribution in [0.4, 0.5) is 4.39 Å². The quantitative estimate of drug-likeness (QED) is 0.798. The Morgan fingerprint density at radius 3 is 2.44 bits per heavy atom. The lowest BCUT2D eigenvalue weighted by Crippen LogP contribution is -2.36. The number of hydrogen-bond acceptors (Lipinski definition) is 3. The molecule has 1 rings (SSSR count). The lowest BCUT2D eigenvalue weighted by molar-refractivity contribution is 0.225. The molecule has 4 heteroatoms. The zero-order chi connectivity index (χ0) is 12.0. The Morgan fingerprint density at radius 1 is 1.31 bits per heavy atom. The van der Waals surface area contributed by atoms with Crippen molar-refractivity contribution in [2.24, 2.45) is 5.73 Å². The second-order valence-electron chi connectivity index (χ2n) is 3.94. The Morgan fingerprint density at radius 2 is 1.94 bits per heavy atom. The number of nitrogens with two attached hydrogens (primary N) is 1. The lowest BCUT2D eigenvalue weighted by Gasteiger charge is -2.22. The van der Waals surface area contributed by atoms with Crippen molar-refractivity contribution in [1.82, 2.24) is 4.90 Å². The molecule has 0 radical (unpaired) electrons. The van der Waals surface area contributed by atoms with Crippen LogP contribution in [-0.2, 0) is 0 Å². The predicted molar refractivity (Wildman–Crippen MR) is 63.0 cm³/mol. The highest BCUT2D eigenvalue weighted by Crippen LogP contribution is 2.11. The summed E-state index contributed by atoms with van der Waals surface area (Å²) in [7, 11) is 3.99. The van der Waals surface area contributed by atoms with Gasteiger partial charge in [-0.2, -0.15) is 0 Å². The molecule has 1 aromatic rings. The number of benzene rings is 1. The van der Waals surface area contributed by atoms with Gasteiger partial charge in [-0.1, -0.05) is 0 Å². The molecule has 0 aromatic heterocycles. The monoisotopic (exact) mass is 226 g/mol. The van der Waals surface area contributed by atoms with Gasteiger partial charge in [-0.15, -0.1) is 0 Å². The summed E-state index contributed by atoms with van der Waals surface area (Å²) in [6, 6.07) is 6.36. The molecule has 1 unspecified atom stereocenters. The molecular formula is C12H19FN2O. The first-order chi connectivity index (χ1) is 7.63. The standard InChI is InChI=1S/C12H19FN2O/c1-15(2)11(9-14)7-8-16-12-5-3-10(13)4-6-12/h3-6,11H,7-9,14H2,1-2H3. The molecule has 0 saturated heterocycles. The van der Waals surface area contributed by atoms with Gasteiger partial charge in [-0.3, -0.25) is 0 Å². The van der Waals surface area contributed by atoms with Crippen molar-refractivity contribution >= 4 is 0 Å². The van der Waals surface area contributed by atoms with Crippen LogP contribution in [0.25, 0.3) is 0 Å². The summed E-state index contributed by atoms with van der Waals surface area (Å²) in [5.74, 6) is 0.441. The summed E-state index contributed by atoms with van der Waals surface area (Å²) >= 11 is 0. The van der Waals surface area contributed by atoms with Gasteiger partial charge in [-0.05, 0) is 44.8 Å². The predicted octanol–water partition coefficient (Wildman–Crippen LogP) is 1.48. The van der Waals surface area contributed by atoms with E-state index in [9.17, 15) is 4.39 Å². The molecule has 0 bridgehead atoms. The maximum Gasteiger partial charge on any atom is 0.123 e. The van der Waals surface area contributed by atoms with Crippen molar-refractivity contribution in [2.45, 2.75) is 12.5 Å². The number of halogens is 1. The fraction of sp³-hybridized carbons (Fsp3) is 0.500. The van der Waals surface area contributed by atoms with Crippen LogP contribution in [0.3, 0.4) is 0 Å². The van der Waals surface area contributed by atoms with E-state index in [1.165, 1.54) is 12.1 Å². The number of hydrogen-bond donors (Lipinski definition) is 1. The zero-order valence-electron chi connectivity index (χ0n) is 9.82. The van der Waals surface area contributed by atoms with E-state index in [0.29, 0.717) is 24.9 Å². The third-order valence-corrected chi connectivity index (χ3v) is 2.54. The van der Waals surface area contributed by atoms with E-state index in [0.717, 1.165) is 6.42 Å². The van der Waals surface area contributed by atoms with Gasteiger partial charge in [0.25, 0.3) is 0 Å². The Balaban J connectivity index is 2.32. The number of ether oxygens (including phenoxy) is 1. The van der Waals surface area contributed by atoms with Gasteiger partial charge in [0.15, 0.2) is 0 Å². The second kappa shape index (κ2) is 6.45. The minimum absolute atomic E-state index is 0.250. The van der Waals surface area contributed by atoms with Gasteiger partial charge in [-0.25, -0.2) is 4.39 Å². The minimum Gasteiger partial charge on any atom is -0.494 e. The van der Waals surface area contributed by atoms with Crippen LogP contribution < -0.4 is 10.5 Å². The molecule has 0 aliphatic rings. The third kappa shape index (κ3) is 4.16. The Hall–Kier alpha value is -1.13.